The molecule has 3 rings (SSSR count). The minimum absolute atomic E-state index is 0.0349. The van der Waals surface area contributed by atoms with Gasteiger partial charge in [-0.25, -0.2) is 0 Å². The Morgan fingerprint density at radius 1 is 1.21 bits per heavy atom. The molecule has 0 bridgehead atoms. The van der Waals surface area contributed by atoms with E-state index in [9.17, 15) is 14.4 Å². The van der Waals surface area contributed by atoms with E-state index in [2.05, 4.69) is 5.32 Å². The van der Waals surface area contributed by atoms with Crippen LogP contribution >= 0.6 is 23.4 Å². The lowest BCUT2D eigenvalue weighted by molar-refractivity contribution is -0.145. The fourth-order valence-electron chi connectivity index (χ4n) is 2.61. The summed E-state index contributed by atoms with van der Waals surface area (Å²) < 4.78 is 5.20. The Morgan fingerprint density at radius 2 is 1.96 bits per heavy atom. The zero-order chi connectivity index (χ0) is 20.1. The van der Waals surface area contributed by atoms with Crippen molar-refractivity contribution in [1.29, 1.82) is 0 Å². The number of carbonyl (C=O) groups excluding carboxylic acids is 3. The first-order valence-corrected chi connectivity index (χ1v) is 10.0. The van der Waals surface area contributed by atoms with Crippen molar-refractivity contribution in [2.45, 2.75) is 13.5 Å². The van der Waals surface area contributed by atoms with Crippen LogP contribution in [0.15, 0.2) is 42.5 Å². The van der Waals surface area contributed by atoms with E-state index in [-0.39, 0.29) is 24.3 Å². The zero-order valence-electron chi connectivity index (χ0n) is 15.2. The quantitative estimate of drug-likeness (QED) is 0.714. The molecule has 2 aromatic rings. The van der Waals surface area contributed by atoms with Gasteiger partial charge in [-0.1, -0.05) is 35.5 Å². The molecule has 8 heteroatoms. The van der Waals surface area contributed by atoms with Crippen molar-refractivity contribution in [2.75, 3.05) is 24.2 Å². The van der Waals surface area contributed by atoms with Crippen LogP contribution in [0.5, 0.6) is 0 Å². The number of hydrogen-bond donors (Lipinski definition) is 1. The Morgan fingerprint density at radius 3 is 2.61 bits per heavy atom. The fourth-order valence-corrected chi connectivity index (χ4v) is 3.55. The van der Waals surface area contributed by atoms with Crippen LogP contribution in [0.1, 0.15) is 21.5 Å². The lowest BCUT2D eigenvalue weighted by Crippen LogP contribution is -2.30. The van der Waals surface area contributed by atoms with Crippen LogP contribution in [0.25, 0.3) is 0 Å². The van der Waals surface area contributed by atoms with E-state index in [1.807, 2.05) is 6.92 Å². The molecule has 2 amide bonds. The van der Waals surface area contributed by atoms with Gasteiger partial charge in [0, 0.05) is 28.6 Å². The number of benzene rings is 2. The standard InChI is InChI=1S/C20H19ClN2O4S/c1-13-10-16(6-7-17(13)21)22-19(25)15-4-2-14(3-5-15)12-27-18(24)11-23-8-9-28-20(23)26/h2-7,10H,8-9,11-12H2,1H3,(H,22,25). The van der Waals surface area contributed by atoms with Crippen LogP contribution in [-0.4, -0.2) is 40.9 Å². The number of amides is 2. The van der Waals surface area contributed by atoms with Crippen LogP contribution in [0.2, 0.25) is 5.02 Å². The van der Waals surface area contributed by atoms with Gasteiger partial charge in [-0.15, -0.1) is 0 Å². The second kappa shape index (κ2) is 9.12. The highest BCUT2D eigenvalue weighted by Crippen LogP contribution is 2.20. The van der Waals surface area contributed by atoms with Crippen molar-refractivity contribution in [3.63, 3.8) is 0 Å². The highest BCUT2D eigenvalue weighted by Gasteiger charge is 2.23. The number of aryl methyl sites for hydroxylation is 1. The van der Waals surface area contributed by atoms with E-state index in [4.69, 9.17) is 16.3 Å². The smallest absolute Gasteiger partial charge is 0.326 e. The third-order valence-electron chi connectivity index (χ3n) is 4.20. The summed E-state index contributed by atoms with van der Waals surface area (Å²) in [6.45, 7) is 2.49. The van der Waals surface area contributed by atoms with E-state index in [0.717, 1.165) is 11.1 Å². The molecule has 146 valence electrons. The third-order valence-corrected chi connectivity index (χ3v) is 5.51. The molecule has 1 aliphatic heterocycles. The summed E-state index contributed by atoms with van der Waals surface area (Å²) in [6, 6.07) is 12.1. The number of thioether (sulfide) groups is 1. The lowest BCUT2D eigenvalue weighted by atomic mass is 10.1. The van der Waals surface area contributed by atoms with E-state index >= 15 is 0 Å². The number of anilines is 1. The van der Waals surface area contributed by atoms with Crippen molar-refractivity contribution in [2.24, 2.45) is 0 Å². The molecule has 1 fully saturated rings. The maximum absolute atomic E-state index is 12.3. The van der Waals surface area contributed by atoms with Gasteiger partial charge < -0.3 is 15.0 Å². The van der Waals surface area contributed by atoms with Gasteiger partial charge in [-0.05, 0) is 48.4 Å². The topological polar surface area (TPSA) is 75.7 Å². The van der Waals surface area contributed by atoms with Gasteiger partial charge in [-0.3, -0.25) is 14.4 Å². The summed E-state index contributed by atoms with van der Waals surface area (Å²) in [5, 5.41) is 3.37. The van der Waals surface area contributed by atoms with Crippen LogP contribution < -0.4 is 5.32 Å². The molecule has 2 aromatic carbocycles. The molecular weight excluding hydrogens is 400 g/mol. The summed E-state index contributed by atoms with van der Waals surface area (Å²) in [5.41, 5.74) is 2.79. The summed E-state index contributed by atoms with van der Waals surface area (Å²) in [4.78, 5) is 37.2. The molecule has 0 radical (unpaired) electrons. The molecule has 1 N–H and O–H groups in total. The van der Waals surface area contributed by atoms with Crippen molar-refractivity contribution >= 4 is 46.2 Å². The number of halogens is 1. The SMILES string of the molecule is Cc1cc(NC(=O)c2ccc(COC(=O)CN3CCSC3=O)cc2)ccc1Cl. The van der Waals surface area contributed by atoms with E-state index < -0.39 is 5.97 Å². The largest absolute Gasteiger partial charge is 0.459 e. The second-order valence-electron chi connectivity index (χ2n) is 6.31. The van der Waals surface area contributed by atoms with Crippen LogP contribution in [0, 0.1) is 6.92 Å². The highest BCUT2D eigenvalue weighted by molar-refractivity contribution is 8.13. The molecule has 1 saturated heterocycles. The average Bonchev–Trinajstić information content (AvgIpc) is 3.08. The number of esters is 1. The van der Waals surface area contributed by atoms with Crippen LogP contribution in [-0.2, 0) is 16.1 Å². The van der Waals surface area contributed by atoms with Gasteiger partial charge in [0.2, 0.25) is 0 Å². The first-order chi connectivity index (χ1) is 13.4. The van der Waals surface area contributed by atoms with Gasteiger partial charge in [0.1, 0.15) is 13.2 Å². The number of hydrogen-bond acceptors (Lipinski definition) is 5. The Balaban J connectivity index is 1.51. The van der Waals surface area contributed by atoms with Crippen molar-refractivity contribution < 1.29 is 19.1 Å². The van der Waals surface area contributed by atoms with Gasteiger partial charge >= 0.3 is 5.97 Å². The summed E-state index contributed by atoms with van der Waals surface area (Å²) in [5.74, 6) is 0.0108. The molecule has 0 aliphatic carbocycles. The Hall–Kier alpha value is -2.51. The number of nitrogens with zero attached hydrogens (tertiary/aromatic N) is 1. The van der Waals surface area contributed by atoms with Gasteiger partial charge in [0.25, 0.3) is 11.1 Å². The summed E-state index contributed by atoms with van der Waals surface area (Å²) in [6.07, 6.45) is 0. The molecule has 6 nitrogen and oxygen atoms in total. The molecule has 1 heterocycles. The van der Waals surface area contributed by atoms with Crippen LogP contribution in [0.4, 0.5) is 10.5 Å². The van der Waals surface area contributed by atoms with Crippen molar-refractivity contribution in [3.8, 4) is 0 Å². The van der Waals surface area contributed by atoms with E-state index in [0.29, 0.717) is 28.6 Å². The van der Waals surface area contributed by atoms with E-state index in [1.54, 1.807) is 42.5 Å². The number of carbonyl (C=O) groups is 3. The molecule has 0 unspecified atom stereocenters. The molecule has 0 aromatic heterocycles. The molecule has 28 heavy (non-hydrogen) atoms. The van der Waals surface area contributed by atoms with Gasteiger partial charge in [0.05, 0.1) is 0 Å². The maximum atomic E-state index is 12.3. The molecule has 0 spiro atoms. The first kappa shape index (κ1) is 20.2. The molecule has 1 aliphatic rings. The first-order valence-electron chi connectivity index (χ1n) is 8.66. The Bertz CT molecular complexity index is 902. The summed E-state index contributed by atoms with van der Waals surface area (Å²) in [7, 11) is 0. The number of nitrogens with one attached hydrogen (secondary N) is 1. The molecule has 0 atom stereocenters. The van der Waals surface area contributed by atoms with Crippen molar-refractivity contribution in [3.05, 3.63) is 64.2 Å². The predicted molar refractivity (Wildman–Crippen MR) is 110 cm³/mol. The van der Waals surface area contributed by atoms with E-state index in [1.165, 1.54) is 16.7 Å². The summed E-state index contributed by atoms with van der Waals surface area (Å²) >= 11 is 7.19. The highest BCUT2D eigenvalue weighted by atomic mass is 35.5. The fraction of sp³-hybridized carbons (Fsp3) is 0.250. The Labute approximate surface area is 172 Å². The monoisotopic (exact) mass is 418 g/mol. The number of rotatable bonds is 6. The molecular formula is C20H19ClN2O4S. The number of ether oxygens (including phenoxy) is 1. The zero-order valence-corrected chi connectivity index (χ0v) is 16.8. The van der Waals surface area contributed by atoms with Gasteiger partial charge in [-0.2, -0.15) is 0 Å². The maximum Gasteiger partial charge on any atom is 0.326 e. The normalized spacial score (nSPS) is 13.5. The van der Waals surface area contributed by atoms with Gasteiger partial charge in [0.15, 0.2) is 0 Å². The minimum Gasteiger partial charge on any atom is -0.459 e. The second-order valence-corrected chi connectivity index (χ2v) is 7.76. The van der Waals surface area contributed by atoms with Crippen LogP contribution in [0.3, 0.4) is 0 Å². The Kier molecular flexibility index (Phi) is 6.59. The predicted octanol–water partition coefficient (Wildman–Crippen LogP) is 4.11. The lowest BCUT2D eigenvalue weighted by Gasteiger charge is -2.13. The molecule has 0 saturated carbocycles. The van der Waals surface area contributed by atoms with Crippen molar-refractivity contribution in [1.82, 2.24) is 4.90 Å². The minimum atomic E-state index is -0.448. The average molecular weight is 419 g/mol. The third kappa shape index (κ3) is 5.27.